The number of sulfonamides is 1. The minimum absolute atomic E-state index is 0.186. The van der Waals surface area contributed by atoms with Crippen LogP contribution in [0.15, 0.2) is 77.7 Å². The third kappa shape index (κ3) is 5.33. The second-order valence-corrected chi connectivity index (χ2v) is 11.7. The normalized spacial score (nSPS) is 17.8. The molecule has 6 nitrogen and oxygen atoms in total. The summed E-state index contributed by atoms with van der Waals surface area (Å²) in [7, 11) is -2.19. The quantitative estimate of drug-likeness (QED) is 0.383. The van der Waals surface area contributed by atoms with E-state index in [4.69, 9.17) is 16.7 Å². The number of benzene rings is 3. The zero-order valence-electron chi connectivity index (χ0n) is 20.4. The van der Waals surface area contributed by atoms with Crippen molar-refractivity contribution in [1.29, 1.82) is 0 Å². The van der Waals surface area contributed by atoms with Crippen molar-refractivity contribution >= 4 is 45.0 Å². The van der Waals surface area contributed by atoms with Crippen LogP contribution in [0.25, 0.3) is 17.2 Å². The van der Waals surface area contributed by atoms with Gasteiger partial charge in [0.25, 0.3) is 0 Å². The number of fused-ring (bicyclic) bond motifs is 1. The van der Waals surface area contributed by atoms with Crippen LogP contribution in [0.1, 0.15) is 25.8 Å². The van der Waals surface area contributed by atoms with E-state index < -0.39 is 16.0 Å². The predicted octanol–water partition coefficient (Wildman–Crippen LogP) is 6.29. The van der Waals surface area contributed by atoms with Crippen molar-refractivity contribution in [3.8, 4) is 11.1 Å². The highest BCUT2D eigenvalue weighted by molar-refractivity contribution is 7.89. The standard InChI is InChI=1S/C28H29ClN2O4S/c1-19(2)14-23-18-31(22-10-5-4-6-11-22)26-17-25(29)24(16-27(26)36(34,35)30(23)3)21-9-7-8-20(15-21)12-13-28(32)33/h4-13,15-17,19,23H,14,18H2,1-3H3,(H,32,33)/b13-12+/t23-/m1/s1. The molecule has 0 saturated heterocycles. The molecule has 3 aromatic carbocycles. The number of hydrogen-bond acceptors (Lipinski definition) is 4. The Morgan fingerprint density at radius 3 is 2.50 bits per heavy atom. The van der Waals surface area contributed by atoms with Gasteiger partial charge in [-0.1, -0.05) is 61.8 Å². The van der Waals surface area contributed by atoms with Crippen molar-refractivity contribution in [3.05, 3.63) is 83.4 Å². The highest BCUT2D eigenvalue weighted by Gasteiger charge is 2.37. The van der Waals surface area contributed by atoms with Crippen LogP contribution in [0.3, 0.4) is 0 Å². The van der Waals surface area contributed by atoms with E-state index in [-0.39, 0.29) is 10.9 Å². The van der Waals surface area contributed by atoms with Crippen LogP contribution in [-0.2, 0) is 14.8 Å². The smallest absolute Gasteiger partial charge is 0.328 e. The minimum atomic E-state index is -3.83. The van der Waals surface area contributed by atoms with Gasteiger partial charge >= 0.3 is 5.97 Å². The van der Waals surface area contributed by atoms with Gasteiger partial charge in [0.05, 0.1) is 10.7 Å². The van der Waals surface area contributed by atoms with E-state index >= 15 is 0 Å². The number of anilines is 2. The first kappa shape index (κ1) is 25.9. The molecule has 0 fully saturated rings. The maximum Gasteiger partial charge on any atom is 0.328 e. The van der Waals surface area contributed by atoms with E-state index in [2.05, 4.69) is 13.8 Å². The highest BCUT2D eigenvalue weighted by atomic mass is 35.5. The van der Waals surface area contributed by atoms with Gasteiger partial charge in [-0.3, -0.25) is 0 Å². The molecule has 1 atom stereocenters. The van der Waals surface area contributed by atoms with Crippen molar-refractivity contribution in [3.63, 3.8) is 0 Å². The fourth-order valence-electron chi connectivity index (χ4n) is 4.55. The summed E-state index contributed by atoms with van der Waals surface area (Å²) in [5.41, 5.74) is 3.36. The summed E-state index contributed by atoms with van der Waals surface area (Å²) >= 11 is 6.78. The molecule has 0 aromatic heterocycles. The van der Waals surface area contributed by atoms with E-state index in [9.17, 15) is 13.2 Å². The van der Waals surface area contributed by atoms with E-state index in [1.807, 2.05) is 41.3 Å². The predicted molar refractivity (Wildman–Crippen MR) is 145 cm³/mol. The van der Waals surface area contributed by atoms with Crippen LogP contribution in [-0.4, -0.2) is 43.4 Å². The van der Waals surface area contributed by atoms with Gasteiger partial charge in [-0.2, -0.15) is 4.31 Å². The Bertz CT molecular complexity index is 1400. The Labute approximate surface area is 217 Å². The summed E-state index contributed by atoms with van der Waals surface area (Å²) in [4.78, 5) is 13.2. The number of carboxylic acid groups (broad SMARTS) is 1. The molecule has 1 N–H and O–H groups in total. The molecule has 8 heteroatoms. The number of likely N-dealkylation sites (N-methyl/N-ethyl adjacent to an activating group) is 1. The zero-order chi connectivity index (χ0) is 26.0. The average Bonchev–Trinajstić information content (AvgIpc) is 2.91. The first-order chi connectivity index (χ1) is 17.1. The maximum absolute atomic E-state index is 13.9. The summed E-state index contributed by atoms with van der Waals surface area (Å²) in [5, 5.41) is 9.37. The van der Waals surface area contributed by atoms with Crippen LogP contribution in [0, 0.1) is 5.92 Å². The number of hydrogen-bond donors (Lipinski definition) is 1. The Kier molecular flexibility index (Phi) is 7.54. The van der Waals surface area contributed by atoms with Crippen LogP contribution < -0.4 is 4.90 Å². The van der Waals surface area contributed by atoms with Gasteiger partial charge in [-0.25, -0.2) is 13.2 Å². The van der Waals surface area contributed by atoms with Crippen LogP contribution in [0.4, 0.5) is 11.4 Å². The second kappa shape index (κ2) is 10.5. The molecule has 1 aliphatic heterocycles. The van der Waals surface area contributed by atoms with Crippen molar-refractivity contribution in [2.45, 2.75) is 31.2 Å². The van der Waals surface area contributed by atoms with Gasteiger partial charge in [0.2, 0.25) is 10.0 Å². The molecule has 1 heterocycles. The zero-order valence-corrected chi connectivity index (χ0v) is 22.0. The van der Waals surface area contributed by atoms with Gasteiger partial charge in [-0.05, 0) is 59.9 Å². The van der Waals surface area contributed by atoms with E-state index in [1.54, 1.807) is 37.4 Å². The molecule has 1 aliphatic rings. The molecule has 188 valence electrons. The molecule has 0 saturated carbocycles. The van der Waals surface area contributed by atoms with Gasteiger partial charge < -0.3 is 10.0 Å². The molecule has 0 amide bonds. The van der Waals surface area contributed by atoms with E-state index in [0.717, 1.165) is 11.8 Å². The number of para-hydroxylation sites is 1. The molecule has 0 spiro atoms. The van der Waals surface area contributed by atoms with Crippen molar-refractivity contribution in [2.75, 3.05) is 18.5 Å². The molecule has 3 aromatic rings. The first-order valence-corrected chi connectivity index (χ1v) is 13.6. The van der Waals surface area contributed by atoms with Crippen molar-refractivity contribution in [1.82, 2.24) is 4.31 Å². The lowest BCUT2D eigenvalue weighted by molar-refractivity contribution is -0.131. The van der Waals surface area contributed by atoms with Crippen LogP contribution >= 0.6 is 11.6 Å². The molecule has 4 rings (SSSR count). The number of nitrogens with zero attached hydrogens (tertiary/aromatic N) is 2. The summed E-state index contributed by atoms with van der Waals surface area (Å²) in [6.45, 7) is 4.67. The summed E-state index contributed by atoms with van der Waals surface area (Å²) in [6.07, 6.45) is 3.26. The summed E-state index contributed by atoms with van der Waals surface area (Å²) < 4.78 is 29.3. The number of aliphatic carboxylic acids is 1. The summed E-state index contributed by atoms with van der Waals surface area (Å²) in [6, 6.07) is 20.0. The minimum Gasteiger partial charge on any atom is -0.478 e. The molecule has 0 aliphatic carbocycles. The lowest BCUT2D eigenvalue weighted by Gasteiger charge is -2.30. The Balaban J connectivity index is 1.91. The second-order valence-electron chi connectivity index (χ2n) is 9.35. The molecule has 0 unspecified atom stereocenters. The average molecular weight is 525 g/mol. The van der Waals surface area contributed by atoms with E-state index in [1.165, 1.54) is 10.4 Å². The van der Waals surface area contributed by atoms with Gasteiger partial charge in [0, 0.05) is 37.0 Å². The molecular formula is C28H29ClN2O4S. The van der Waals surface area contributed by atoms with Crippen LogP contribution in [0.5, 0.6) is 0 Å². The van der Waals surface area contributed by atoms with Gasteiger partial charge in [-0.15, -0.1) is 0 Å². The number of rotatable bonds is 6. The topological polar surface area (TPSA) is 77.9 Å². The Morgan fingerprint density at radius 1 is 1.11 bits per heavy atom. The van der Waals surface area contributed by atoms with Crippen LogP contribution in [0.2, 0.25) is 5.02 Å². The molecule has 0 radical (unpaired) electrons. The molecule has 36 heavy (non-hydrogen) atoms. The largest absolute Gasteiger partial charge is 0.478 e. The first-order valence-electron chi connectivity index (χ1n) is 11.7. The number of carboxylic acids is 1. The lowest BCUT2D eigenvalue weighted by Crippen LogP contribution is -2.41. The fraction of sp³-hybridized carbons (Fsp3) is 0.250. The Morgan fingerprint density at radius 2 is 1.83 bits per heavy atom. The third-order valence-electron chi connectivity index (χ3n) is 6.33. The summed E-state index contributed by atoms with van der Waals surface area (Å²) in [5.74, 6) is -0.734. The lowest BCUT2D eigenvalue weighted by atomic mass is 10.0. The van der Waals surface area contributed by atoms with Crippen molar-refractivity contribution < 1.29 is 18.3 Å². The SMILES string of the molecule is CC(C)C[C@@H]1CN(c2ccccc2)c2cc(Cl)c(-c3cccc(/C=C/C(=O)O)c3)cc2S(=O)(=O)N1C. The van der Waals surface area contributed by atoms with E-state index in [0.29, 0.717) is 46.3 Å². The molecular weight excluding hydrogens is 496 g/mol. The monoisotopic (exact) mass is 524 g/mol. The van der Waals surface area contributed by atoms with Crippen molar-refractivity contribution in [2.24, 2.45) is 5.92 Å². The molecule has 0 bridgehead atoms. The number of carbonyl (C=O) groups is 1. The fourth-order valence-corrected chi connectivity index (χ4v) is 6.38. The highest BCUT2D eigenvalue weighted by Crippen LogP contribution is 2.43. The third-order valence-corrected chi connectivity index (χ3v) is 8.58. The van der Waals surface area contributed by atoms with Gasteiger partial charge in [0.15, 0.2) is 0 Å². The Hall–Kier alpha value is -3.13. The van der Waals surface area contributed by atoms with Gasteiger partial charge in [0.1, 0.15) is 4.90 Å². The number of halogens is 1. The maximum atomic E-state index is 13.9.